The quantitative estimate of drug-likeness (QED) is 0.170. The normalized spacial score (nSPS) is 14.7. The zero-order valence-corrected chi connectivity index (χ0v) is 21.0. The third-order valence-corrected chi connectivity index (χ3v) is 6.07. The van der Waals surface area contributed by atoms with Crippen molar-refractivity contribution in [3.8, 4) is 28.8 Å². The van der Waals surface area contributed by atoms with Crippen LogP contribution in [0.4, 0.5) is 0 Å². The van der Waals surface area contributed by atoms with Gasteiger partial charge in [0.1, 0.15) is 23.1 Å². The van der Waals surface area contributed by atoms with Gasteiger partial charge in [0.05, 0.1) is 12.3 Å². The molecule has 37 heavy (non-hydrogen) atoms. The fourth-order valence-corrected chi connectivity index (χ4v) is 4.08. The van der Waals surface area contributed by atoms with E-state index < -0.39 is 11.8 Å². The van der Waals surface area contributed by atoms with Crippen LogP contribution >= 0.6 is 0 Å². The summed E-state index contributed by atoms with van der Waals surface area (Å²) in [5.41, 5.74) is 3.53. The van der Waals surface area contributed by atoms with Crippen molar-refractivity contribution in [2.24, 2.45) is 0 Å². The summed E-state index contributed by atoms with van der Waals surface area (Å²) >= 11 is 0. The van der Waals surface area contributed by atoms with Crippen molar-refractivity contribution in [3.63, 3.8) is 0 Å². The van der Waals surface area contributed by atoms with E-state index in [0.717, 1.165) is 34.7 Å². The molecule has 7 nitrogen and oxygen atoms in total. The van der Waals surface area contributed by atoms with Crippen LogP contribution < -0.4 is 4.74 Å². The highest BCUT2D eigenvalue weighted by Gasteiger charge is 2.35. The maximum atomic E-state index is 13.3. The van der Waals surface area contributed by atoms with E-state index in [1.165, 1.54) is 6.08 Å². The summed E-state index contributed by atoms with van der Waals surface area (Å²) < 4.78 is 7.65. The fourth-order valence-electron chi connectivity index (χ4n) is 4.08. The van der Waals surface area contributed by atoms with Crippen LogP contribution in [0.2, 0.25) is 0 Å². The van der Waals surface area contributed by atoms with Gasteiger partial charge < -0.3 is 4.74 Å². The number of ether oxygens (including phenoxy) is 1. The number of nitrogens with zero attached hydrogens (tertiary/aromatic N) is 4. The van der Waals surface area contributed by atoms with Crippen LogP contribution in [0.1, 0.15) is 32.3 Å². The lowest BCUT2D eigenvalue weighted by Gasteiger charge is -2.26. The second-order valence-electron chi connectivity index (χ2n) is 8.62. The highest BCUT2D eigenvalue weighted by molar-refractivity contribution is 6.19. The summed E-state index contributed by atoms with van der Waals surface area (Å²) in [4.78, 5) is 27.1. The summed E-state index contributed by atoms with van der Waals surface area (Å²) in [5, 5.41) is 14.5. The van der Waals surface area contributed by atoms with Gasteiger partial charge in [-0.15, -0.1) is 6.58 Å². The Hall–Kier alpha value is -4.70. The molecule has 0 N–H and O–H groups in total. The van der Waals surface area contributed by atoms with Crippen LogP contribution in [0.3, 0.4) is 0 Å². The zero-order chi connectivity index (χ0) is 26.4. The van der Waals surface area contributed by atoms with E-state index >= 15 is 0 Å². The number of benzene rings is 2. The summed E-state index contributed by atoms with van der Waals surface area (Å²) in [6.07, 6.45) is 6.99. The molecule has 1 aromatic heterocycles. The molecule has 0 spiro atoms. The number of para-hydroxylation sites is 1. The molecule has 3 aromatic rings. The Balaban J connectivity index is 1.87. The molecule has 186 valence electrons. The van der Waals surface area contributed by atoms with E-state index in [9.17, 15) is 14.9 Å². The maximum absolute atomic E-state index is 13.3. The van der Waals surface area contributed by atoms with E-state index in [0.29, 0.717) is 23.4 Å². The van der Waals surface area contributed by atoms with Crippen molar-refractivity contribution < 1.29 is 14.3 Å². The topological polar surface area (TPSA) is 88.2 Å². The molecule has 0 saturated heterocycles. The third kappa shape index (κ3) is 5.29. The number of imide groups is 1. The number of hydrogen-bond donors (Lipinski definition) is 0. The molecule has 0 bridgehead atoms. The molecule has 7 heteroatoms. The van der Waals surface area contributed by atoms with Crippen molar-refractivity contribution in [1.29, 1.82) is 5.26 Å². The van der Waals surface area contributed by atoms with Crippen LogP contribution in [-0.2, 0) is 9.59 Å². The molecule has 0 saturated carbocycles. The number of carbonyl (C=O) groups is 2. The third-order valence-electron chi connectivity index (χ3n) is 6.07. The molecule has 4 rings (SSSR count). The molecular weight excluding hydrogens is 464 g/mol. The summed E-state index contributed by atoms with van der Waals surface area (Å²) in [5.74, 6) is -0.353. The Morgan fingerprint density at radius 3 is 2.59 bits per heavy atom. The lowest BCUT2D eigenvalue weighted by atomic mass is 9.93. The number of carbonyl (C=O) groups excluding carboxylic acids is 2. The fraction of sp³-hybridized carbons (Fsp3) is 0.200. The summed E-state index contributed by atoms with van der Waals surface area (Å²) in [7, 11) is 0. The Morgan fingerprint density at radius 1 is 1.11 bits per heavy atom. The molecule has 0 aliphatic carbocycles. The average molecular weight is 493 g/mol. The number of aromatic nitrogens is 2. The van der Waals surface area contributed by atoms with Gasteiger partial charge in [-0.25, -0.2) is 4.68 Å². The van der Waals surface area contributed by atoms with Crippen LogP contribution in [0, 0.1) is 11.3 Å². The second kappa shape index (κ2) is 11.4. The predicted octanol–water partition coefficient (Wildman–Crippen LogP) is 5.50. The Morgan fingerprint density at radius 2 is 1.89 bits per heavy atom. The van der Waals surface area contributed by atoms with Crippen LogP contribution in [-0.4, -0.2) is 39.6 Å². The first-order valence-corrected chi connectivity index (χ1v) is 12.2. The van der Waals surface area contributed by atoms with Gasteiger partial charge >= 0.3 is 0 Å². The number of rotatable bonds is 9. The summed E-state index contributed by atoms with van der Waals surface area (Å²) in [6.45, 7) is 8.01. The molecule has 0 atom stereocenters. The molecule has 0 fully saturated rings. The standard InChI is InChI=1S/C30H28N4O3/c1-4-6-16-37-25-14-10-11-22(17-25)28-23(20-34(32-28)24-12-8-7-9-13-24)18-26-21(3)27(19-31)30(36)33(15-5-2)29(26)35/h5,7-14,17-18,20H,2,4,6,15-16H2,1,3H3/b26-18+. The van der Waals surface area contributed by atoms with E-state index in [2.05, 4.69) is 13.5 Å². The number of hydrogen-bond acceptors (Lipinski definition) is 5. The highest BCUT2D eigenvalue weighted by atomic mass is 16.5. The zero-order valence-electron chi connectivity index (χ0n) is 21.0. The predicted molar refractivity (Wildman–Crippen MR) is 143 cm³/mol. The van der Waals surface area contributed by atoms with Gasteiger partial charge in [0, 0.05) is 29.4 Å². The van der Waals surface area contributed by atoms with E-state index in [1.807, 2.05) is 66.9 Å². The lowest BCUT2D eigenvalue weighted by Crippen LogP contribution is -2.42. The lowest BCUT2D eigenvalue weighted by molar-refractivity contribution is -0.139. The van der Waals surface area contributed by atoms with Crippen molar-refractivity contribution >= 4 is 17.9 Å². The largest absolute Gasteiger partial charge is 0.494 e. The minimum Gasteiger partial charge on any atom is -0.494 e. The monoisotopic (exact) mass is 492 g/mol. The molecular formula is C30H28N4O3. The summed E-state index contributed by atoms with van der Waals surface area (Å²) in [6, 6.07) is 19.3. The van der Waals surface area contributed by atoms with Gasteiger partial charge in [-0.2, -0.15) is 10.4 Å². The minimum absolute atomic E-state index is 0.0146. The maximum Gasteiger partial charge on any atom is 0.271 e. The van der Waals surface area contributed by atoms with Gasteiger partial charge in [0.15, 0.2) is 0 Å². The number of unbranched alkanes of at least 4 members (excludes halogenated alkanes) is 1. The first-order chi connectivity index (χ1) is 18.0. The Kier molecular flexibility index (Phi) is 7.80. The van der Waals surface area contributed by atoms with Gasteiger partial charge in [-0.1, -0.05) is 49.8 Å². The Bertz CT molecular complexity index is 1440. The molecule has 1 aliphatic heterocycles. The van der Waals surface area contributed by atoms with Crippen molar-refractivity contribution in [3.05, 3.63) is 95.7 Å². The van der Waals surface area contributed by atoms with E-state index in [-0.39, 0.29) is 17.7 Å². The molecule has 2 aromatic carbocycles. The van der Waals surface area contributed by atoms with Crippen LogP contribution in [0.5, 0.6) is 5.75 Å². The van der Waals surface area contributed by atoms with Crippen LogP contribution in [0.15, 0.2) is 90.2 Å². The van der Waals surface area contributed by atoms with Gasteiger partial charge in [-0.05, 0) is 49.3 Å². The average Bonchev–Trinajstić information content (AvgIpc) is 3.34. The molecule has 1 aliphatic rings. The first-order valence-electron chi connectivity index (χ1n) is 12.2. The molecule has 2 amide bonds. The van der Waals surface area contributed by atoms with E-state index in [4.69, 9.17) is 9.84 Å². The van der Waals surface area contributed by atoms with Crippen molar-refractivity contribution in [2.75, 3.05) is 13.2 Å². The molecule has 0 radical (unpaired) electrons. The van der Waals surface area contributed by atoms with Crippen LogP contribution in [0.25, 0.3) is 23.0 Å². The minimum atomic E-state index is -0.612. The van der Waals surface area contributed by atoms with E-state index in [1.54, 1.807) is 17.7 Å². The van der Waals surface area contributed by atoms with Gasteiger partial charge in [0.25, 0.3) is 11.8 Å². The second-order valence-corrected chi connectivity index (χ2v) is 8.62. The van der Waals surface area contributed by atoms with Crippen molar-refractivity contribution in [1.82, 2.24) is 14.7 Å². The van der Waals surface area contributed by atoms with Crippen molar-refractivity contribution in [2.45, 2.75) is 26.7 Å². The first kappa shape index (κ1) is 25.4. The number of amides is 2. The molecule has 2 heterocycles. The highest BCUT2D eigenvalue weighted by Crippen LogP contribution is 2.32. The van der Waals surface area contributed by atoms with Gasteiger partial charge in [-0.3, -0.25) is 14.5 Å². The smallest absolute Gasteiger partial charge is 0.271 e. The van der Waals surface area contributed by atoms with Gasteiger partial charge in [0.2, 0.25) is 0 Å². The SMILES string of the molecule is C=CCN1C(=O)C(C#N)=C(C)/C(=C\c2cn(-c3ccccc3)nc2-c2cccc(OCCCC)c2)C1=O. The number of nitriles is 1. The molecule has 0 unspecified atom stereocenters. The Labute approximate surface area is 216 Å².